The number of Topliss-reactive ketones (excluding diaryl/α,β-unsaturated/α-hetero) is 1. The van der Waals surface area contributed by atoms with Crippen molar-refractivity contribution in [3.63, 3.8) is 0 Å². The van der Waals surface area contributed by atoms with Crippen molar-refractivity contribution in [1.29, 1.82) is 0 Å². The molecule has 0 radical (unpaired) electrons. The molecule has 5 rings (SSSR count). The molecule has 3 N–H and O–H groups in total. The first-order valence-electron chi connectivity index (χ1n) is 12.1. The van der Waals surface area contributed by atoms with Gasteiger partial charge in [-0.15, -0.1) is 0 Å². The van der Waals surface area contributed by atoms with E-state index in [9.17, 15) is 30.8 Å². The van der Waals surface area contributed by atoms with Crippen molar-refractivity contribution < 1.29 is 39.9 Å². The number of halogens is 5. The number of benzene rings is 1. The van der Waals surface area contributed by atoms with Crippen molar-refractivity contribution >= 4 is 32.7 Å². The number of ether oxygens (including phenoxy) is 1. The van der Waals surface area contributed by atoms with Crippen LogP contribution >= 0.6 is 0 Å². The highest BCUT2D eigenvalue weighted by atomic mass is 32.2. The van der Waals surface area contributed by atoms with E-state index in [1.807, 2.05) is 4.72 Å². The van der Waals surface area contributed by atoms with Crippen molar-refractivity contribution in [2.24, 2.45) is 0 Å². The number of carbonyl (C=O) groups excluding carboxylic acids is 1. The second-order valence-electron chi connectivity index (χ2n) is 9.22. The van der Waals surface area contributed by atoms with Gasteiger partial charge in [0, 0.05) is 25.5 Å². The molecular formula is C25H22F5N5O4S. The molecule has 2 aromatic heterocycles. The third kappa shape index (κ3) is 5.48. The lowest BCUT2D eigenvalue weighted by Gasteiger charge is -2.24. The minimum absolute atomic E-state index is 0.0176. The highest BCUT2D eigenvalue weighted by molar-refractivity contribution is 7.89. The highest BCUT2D eigenvalue weighted by Gasteiger charge is 2.35. The fourth-order valence-electron chi connectivity index (χ4n) is 4.53. The van der Waals surface area contributed by atoms with Crippen LogP contribution in [0.4, 0.5) is 27.8 Å². The van der Waals surface area contributed by atoms with E-state index in [1.165, 1.54) is 12.5 Å². The number of hydrogen-bond acceptors (Lipinski definition) is 7. The van der Waals surface area contributed by atoms with E-state index < -0.39 is 62.1 Å². The molecule has 1 unspecified atom stereocenters. The van der Waals surface area contributed by atoms with Gasteiger partial charge in [-0.3, -0.25) is 4.79 Å². The predicted molar refractivity (Wildman–Crippen MR) is 133 cm³/mol. The number of nitrogens with one attached hydrogen (secondary N) is 3. The predicted octanol–water partition coefficient (Wildman–Crippen LogP) is 4.58. The molecule has 40 heavy (non-hydrogen) atoms. The van der Waals surface area contributed by atoms with Crippen LogP contribution in [0.25, 0.3) is 11.0 Å². The van der Waals surface area contributed by atoms with Gasteiger partial charge < -0.3 is 15.0 Å². The number of rotatable bonds is 7. The van der Waals surface area contributed by atoms with Crippen LogP contribution in [0.2, 0.25) is 0 Å². The molecule has 1 fully saturated rings. The zero-order chi connectivity index (χ0) is 28.7. The van der Waals surface area contributed by atoms with Gasteiger partial charge in [0.2, 0.25) is 15.8 Å². The Morgan fingerprint density at radius 2 is 1.77 bits per heavy atom. The molecule has 15 heteroatoms. The van der Waals surface area contributed by atoms with Gasteiger partial charge in [0.1, 0.15) is 29.4 Å². The standard InChI is InChI=1S/C25H22F5N5O4S/c26-17-5-6-18(35-40(37,38)15-3-1-13(2-4-15)25(28,29)30)21(27)20(17)22(36)16-11-31-23-19(16)24(33-12-32-23)34-14-7-9-39-10-8-14/h1-5,11-12,14,18,35H,6-10H2,(H2,31,32,33,34). The van der Waals surface area contributed by atoms with Gasteiger partial charge in [0.05, 0.1) is 33.0 Å². The Bertz CT molecular complexity index is 1610. The Balaban J connectivity index is 1.44. The Morgan fingerprint density at radius 1 is 1.07 bits per heavy atom. The van der Waals surface area contributed by atoms with E-state index in [-0.39, 0.29) is 28.5 Å². The van der Waals surface area contributed by atoms with E-state index in [4.69, 9.17) is 4.74 Å². The molecule has 1 atom stereocenters. The minimum atomic E-state index is -4.68. The van der Waals surface area contributed by atoms with E-state index in [1.54, 1.807) is 0 Å². The Labute approximate surface area is 224 Å². The zero-order valence-electron chi connectivity index (χ0n) is 20.6. The number of carbonyl (C=O) groups is 1. The second kappa shape index (κ2) is 10.7. The van der Waals surface area contributed by atoms with Crippen LogP contribution in [0, 0.1) is 0 Å². The average molecular weight is 584 g/mol. The SMILES string of the molecule is O=C(C1=C(F)C(NS(=O)(=O)c2ccc(C(F)(F)F)cc2)CC=C1F)c1c[nH]c2ncnc(NC3CCOCC3)c12. The van der Waals surface area contributed by atoms with Crippen molar-refractivity contribution in [1.82, 2.24) is 19.7 Å². The molecule has 1 saturated heterocycles. The molecule has 0 bridgehead atoms. The Kier molecular flexibility index (Phi) is 7.46. The number of allylic oxidation sites excluding steroid dienone is 2. The zero-order valence-corrected chi connectivity index (χ0v) is 21.4. The first-order chi connectivity index (χ1) is 19.0. The summed E-state index contributed by atoms with van der Waals surface area (Å²) in [5.74, 6) is -3.34. The number of alkyl halides is 3. The van der Waals surface area contributed by atoms with Crippen molar-refractivity contribution in [2.45, 2.75) is 42.4 Å². The molecule has 3 aromatic rings. The number of ketones is 1. The monoisotopic (exact) mass is 583 g/mol. The van der Waals surface area contributed by atoms with Gasteiger partial charge in [0.15, 0.2) is 0 Å². The molecule has 9 nitrogen and oxygen atoms in total. The first-order valence-corrected chi connectivity index (χ1v) is 13.6. The number of nitrogens with zero attached hydrogens (tertiary/aromatic N) is 2. The van der Waals surface area contributed by atoms with Crippen LogP contribution in [0.5, 0.6) is 0 Å². The smallest absolute Gasteiger partial charge is 0.381 e. The lowest BCUT2D eigenvalue weighted by atomic mass is 9.94. The Hall–Kier alpha value is -3.69. The highest BCUT2D eigenvalue weighted by Crippen LogP contribution is 2.35. The fourth-order valence-corrected chi connectivity index (χ4v) is 5.74. The van der Waals surface area contributed by atoms with Gasteiger partial charge >= 0.3 is 6.18 Å². The third-order valence-corrected chi connectivity index (χ3v) is 8.10. The average Bonchev–Trinajstić information content (AvgIpc) is 3.36. The summed E-state index contributed by atoms with van der Waals surface area (Å²) in [4.78, 5) is 24.0. The summed E-state index contributed by atoms with van der Waals surface area (Å²) in [6, 6.07) is 0.888. The lowest BCUT2D eigenvalue weighted by Crippen LogP contribution is -2.37. The maximum absolute atomic E-state index is 15.6. The van der Waals surface area contributed by atoms with E-state index in [0.29, 0.717) is 38.2 Å². The molecule has 1 aliphatic carbocycles. The number of hydrogen-bond donors (Lipinski definition) is 3. The summed E-state index contributed by atoms with van der Waals surface area (Å²) in [5.41, 5.74) is -1.94. The van der Waals surface area contributed by atoms with Crippen LogP contribution in [-0.4, -0.2) is 54.5 Å². The number of anilines is 1. The molecule has 2 aliphatic rings. The maximum atomic E-state index is 15.6. The van der Waals surface area contributed by atoms with Crippen LogP contribution < -0.4 is 10.0 Å². The molecule has 1 aromatic carbocycles. The van der Waals surface area contributed by atoms with Crippen LogP contribution in [0.1, 0.15) is 35.2 Å². The number of sulfonamides is 1. The minimum Gasteiger partial charge on any atom is -0.381 e. The molecule has 0 saturated carbocycles. The van der Waals surface area contributed by atoms with Crippen LogP contribution in [0.3, 0.4) is 0 Å². The van der Waals surface area contributed by atoms with E-state index in [2.05, 4.69) is 20.3 Å². The second-order valence-corrected chi connectivity index (χ2v) is 10.9. The van der Waals surface area contributed by atoms with Gasteiger partial charge in [0.25, 0.3) is 0 Å². The van der Waals surface area contributed by atoms with E-state index in [0.717, 1.165) is 18.2 Å². The van der Waals surface area contributed by atoms with Gasteiger partial charge in [-0.05, 0) is 49.6 Å². The van der Waals surface area contributed by atoms with Crippen molar-refractivity contribution in [2.75, 3.05) is 18.5 Å². The van der Waals surface area contributed by atoms with Gasteiger partial charge in [-0.25, -0.2) is 31.9 Å². The lowest BCUT2D eigenvalue weighted by molar-refractivity contribution is -0.137. The summed E-state index contributed by atoms with van der Waals surface area (Å²) >= 11 is 0. The molecular weight excluding hydrogens is 561 g/mol. The molecule has 0 amide bonds. The normalized spacial score (nSPS) is 19.1. The van der Waals surface area contributed by atoms with Gasteiger partial charge in [-0.1, -0.05) is 0 Å². The number of aromatic nitrogens is 3. The van der Waals surface area contributed by atoms with Crippen molar-refractivity contribution in [3.05, 3.63) is 71.2 Å². The first kappa shape index (κ1) is 27.9. The summed E-state index contributed by atoms with van der Waals surface area (Å²) in [5, 5.41) is 3.43. The number of aromatic amines is 1. The summed E-state index contributed by atoms with van der Waals surface area (Å²) in [6.07, 6.45) is -0.430. The summed E-state index contributed by atoms with van der Waals surface area (Å²) in [7, 11) is -4.53. The number of fused-ring (bicyclic) bond motifs is 1. The number of H-pyrrole nitrogens is 1. The fraction of sp³-hybridized carbons (Fsp3) is 0.320. The summed E-state index contributed by atoms with van der Waals surface area (Å²) in [6.45, 7) is 1.06. The van der Waals surface area contributed by atoms with Gasteiger partial charge in [-0.2, -0.15) is 13.2 Å². The molecule has 212 valence electrons. The maximum Gasteiger partial charge on any atom is 0.416 e. The Morgan fingerprint density at radius 3 is 2.45 bits per heavy atom. The molecule has 3 heterocycles. The molecule has 0 spiro atoms. The van der Waals surface area contributed by atoms with E-state index >= 15 is 4.39 Å². The largest absolute Gasteiger partial charge is 0.416 e. The van der Waals surface area contributed by atoms with Crippen LogP contribution in [-0.2, 0) is 20.9 Å². The van der Waals surface area contributed by atoms with Crippen LogP contribution in [0.15, 0.2) is 65.0 Å². The quantitative estimate of drug-likeness (QED) is 0.275. The topological polar surface area (TPSA) is 126 Å². The molecule has 1 aliphatic heterocycles. The third-order valence-electron chi connectivity index (χ3n) is 6.61. The van der Waals surface area contributed by atoms with Crippen molar-refractivity contribution in [3.8, 4) is 0 Å². The summed E-state index contributed by atoms with van der Waals surface area (Å²) < 4.78 is 102.